The fraction of sp³-hybridized carbons (Fsp3) is 0.143. The molecule has 4 rings (SSSR count). The summed E-state index contributed by atoms with van der Waals surface area (Å²) >= 11 is 0. The molecule has 1 N–H and O–H groups in total. The van der Waals surface area contributed by atoms with Crippen LogP contribution in [0.1, 0.15) is 30.4 Å². The lowest BCUT2D eigenvalue weighted by Crippen LogP contribution is -2.15. The molecule has 0 aromatic carbocycles. The summed E-state index contributed by atoms with van der Waals surface area (Å²) in [6.45, 7) is 4.06. The van der Waals surface area contributed by atoms with Crippen LogP contribution in [0.5, 0.6) is 11.6 Å². The molecular weight excluding hydrogens is 382 g/mol. The van der Waals surface area contributed by atoms with E-state index in [4.69, 9.17) is 4.74 Å². The van der Waals surface area contributed by atoms with E-state index in [1.54, 1.807) is 48.9 Å². The number of nitrogens with one attached hydrogen (secondary N) is 1. The Bertz CT molecular complexity index is 1160. The minimum Gasteiger partial charge on any atom is -0.439 e. The average molecular weight is 401 g/mol. The smallest absolute Gasteiger partial charge is 0.275 e. The van der Waals surface area contributed by atoms with E-state index in [2.05, 4.69) is 30.5 Å². The Morgan fingerprint density at radius 1 is 1.07 bits per heavy atom. The number of nitrogens with zero attached hydrogens (tertiary/aromatic N) is 6. The lowest BCUT2D eigenvalue weighted by molar-refractivity contribution is 0.102. The maximum absolute atomic E-state index is 12.7. The first kappa shape index (κ1) is 19.2. The zero-order chi connectivity index (χ0) is 20.9. The van der Waals surface area contributed by atoms with Crippen molar-refractivity contribution in [1.29, 1.82) is 0 Å². The summed E-state index contributed by atoms with van der Waals surface area (Å²) in [6, 6.07) is 14.0. The van der Waals surface area contributed by atoms with Crippen molar-refractivity contribution in [3.63, 3.8) is 0 Å². The van der Waals surface area contributed by atoms with Gasteiger partial charge in [0.25, 0.3) is 5.91 Å². The predicted octanol–water partition coefficient (Wildman–Crippen LogP) is 3.76. The van der Waals surface area contributed by atoms with E-state index >= 15 is 0 Å². The zero-order valence-electron chi connectivity index (χ0n) is 16.4. The third-order valence-electron chi connectivity index (χ3n) is 4.17. The third-order valence-corrected chi connectivity index (χ3v) is 4.17. The maximum atomic E-state index is 12.7. The van der Waals surface area contributed by atoms with E-state index in [0.717, 1.165) is 0 Å². The third kappa shape index (κ3) is 4.30. The molecule has 0 unspecified atom stereocenters. The Morgan fingerprint density at radius 2 is 1.97 bits per heavy atom. The van der Waals surface area contributed by atoms with Crippen molar-refractivity contribution in [3.05, 3.63) is 72.9 Å². The van der Waals surface area contributed by atoms with Gasteiger partial charge < -0.3 is 14.6 Å². The van der Waals surface area contributed by atoms with Crippen molar-refractivity contribution in [2.24, 2.45) is 0 Å². The molecule has 9 heteroatoms. The van der Waals surface area contributed by atoms with Crippen LogP contribution in [0.3, 0.4) is 0 Å². The normalized spacial score (nSPS) is 10.8. The van der Waals surface area contributed by atoms with Crippen molar-refractivity contribution in [3.8, 4) is 23.1 Å². The van der Waals surface area contributed by atoms with Crippen molar-refractivity contribution in [2.75, 3.05) is 5.32 Å². The van der Waals surface area contributed by atoms with Gasteiger partial charge in [-0.25, -0.2) is 9.97 Å². The minimum absolute atomic E-state index is 0.182. The molecule has 0 aliphatic rings. The summed E-state index contributed by atoms with van der Waals surface area (Å²) in [5.74, 6) is 1.49. The van der Waals surface area contributed by atoms with E-state index < -0.39 is 5.91 Å². The van der Waals surface area contributed by atoms with Crippen LogP contribution in [0.4, 0.5) is 5.82 Å². The second-order valence-electron chi connectivity index (χ2n) is 6.66. The summed E-state index contributed by atoms with van der Waals surface area (Å²) < 4.78 is 7.57. The van der Waals surface area contributed by atoms with Gasteiger partial charge in [0.1, 0.15) is 29.3 Å². The summed E-state index contributed by atoms with van der Waals surface area (Å²) in [4.78, 5) is 25.4. The van der Waals surface area contributed by atoms with Gasteiger partial charge in [0.15, 0.2) is 5.82 Å². The van der Waals surface area contributed by atoms with Crippen molar-refractivity contribution >= 4 is 11.7 Å². The number of hydrogen-bond donors (Lipinski definition) is 1. The monoisotopic (exact) mass is 401 g/mol. The topological polar surface area (TPSA) is 108 Å². The summed E-state index contributed by atoms with van der Waals surface area (Å²) in [6.07, 6.45) is 4.79. The van der Waals surface area contributed by atoms with Gasteiger partial charge in [-0.15, -0.1) is 10.2 Å². The molecule has 4 aromatic heterocycles. The molecule has 4 heterocycles. The van der Waals surface area contributed by atoms with Crippen LogP contribution < -0.4 is 10.1 Å². The molecule has 0 aliphatic carbocycles. The standard InChI is InChI=1S/C21H19N7O2/c1-14(2)28-13-24-27-20(28)16-6-5-7-18(25-16)26-21(29)17-12-15(9-11-22-17)30-19-8-3-4-10-23-19/h3-14H,1-2H3,(H,25,26,29). The lowest BCUT2D eigenvalue weighted by Gasteiger charge is -2.10. The highest BCUT2D eigenvalue weighted by Gasteiger charge is 2.14. The lowest BCUT2D eigenvalue weighted by atomic mass is 10.3. The van der Waals surface area contributed by atoms with E-state index in [-0.39, 0.29) is 11.7 Å². The van der Waals surface area contributed by atoms with Crippen LogP contribution in [0.25, 0.3) is 11.5 Å². The molecule has 4 aromatic rings. The van der Waals surface area contributed by atoms with Crippen molar-refractivity contribution in [2.45, 2.75) is 19.9 Å². The minimum atomic E-state index is -0.406. The van der Waals surface area contributed by atoms with Crippen LogP contribution in [0.2, 0.25) is 0 Å². The van der Waals surface area contributed by atoms with Gasteiger partial charge in [0.2, 0.25) is 5.88 Å². The molecule has 1 amide bonds. The summed E-state index contributed by atoms with van der Waals surface area (Å²) in [5, 5.41) is 10.9. The Balaban J connectivity index is 1.52. The van der Waals surface area contributed by atoms with Gasteiger partial charge in [-0.3, -0.25) is 9.78 Å². The Hall–Kier alpha value is -4.14. The van der Waals surface area contributed by atoms with Crippen LogP contribution in [0, 0.1) is 0 Å². The van der Waals surface area contributed by atoms with Gasteiger partial charge in [0.05, 0.1) is 0 Å². The largest absolute Gasteiger partial charge is 0.439 e. The first-order chi connectivity index (χ1) is 14.6. The van der Waals surface area contributed by atoms with Gasteiger partial charge in [-0.2, -0.15) is 0 Å². The van der Waals surface area contributed by atoms with Crippen LogP contribution >= 0.6 is 0 Å². The fourth-order valence-corrected chi connectivity index (χ4v) is 2.74. The van der Waals surface area contributed by atoms with E-state index in [1.165, 1.54) is 6.20 Å². The van der Waals surface area contributed by atoms with Gasteiger partial charge in [0, 0.05) is 30.6 Å². The number of ether oxygens (including phenoxy) is 1. The van der Waals surface area contributed by atoms with Gasteiger partial charge >= 0.3 is 0 Å². The number of anilines is 1. The molecule has 30 heavy (non-hydrogen) atoms. The summed E-state index contributed by atoms with van der Waals surface area (Å²) in [7, 11) is 0. The number of carbonyl (C=O) groups is 1. The molecule has 0 aliphatic heterocycles. The quantitative estimate of drug-likeness (QED) is 0.524. The molecular formula is C21H19N7O2. The maximum Gasteiger partial charge on any atom is 0.275 e. The van der Waals surface area contributed by atoms with Crippen LogP contribution in [-0.2, 0) is 0 Å². The van der Waals surface area contributed by atoms with E-state index in [1.807, 2.05) is 30.5 Å². The van der Waals surface area contributed by atoms with Gasteiger partial charge in [-0.05, 0) is 38.1 Å². The molecule has 0 spiro atoms. The number of amides is 1. The second-order valence-corrected chi connectivity index (χ2v) is 6.66. The highest BCUT2D eigenvalue weighted by Crippen LogP contribution is 2.21. The van der Waals surface area contributed by atoms with Crippen LogP contribution in [0.15, 0.2) is 67.3 Å². The highest BCUT2D eigenvalue weighted by molar-refractivity contribution is 6.02. The molecule has 0 saturated heterocycles. The fourth-order valence-electron chi connectivity index (χ4n) is 2.74. The Morgan fingerprint density at radius 3 is 2.77 bits per heavy atom. The zero-order valence-corrected chi connectivity index (χ0v) is 16.4. The Kier molecular flexibility index (Phi) is 5.42. The SMILES string of the molecule is CC(C)n1cnnc1-c1cccc(NC(=O)c2cc(Oc3ccccn3)ccn2)n1. The molecule has 0 radical (unpaired) electrons. The molecule has 0 saturated carbocycles. The van der Waals surface area contributed by atoms with Crippen molar-refractivity contribution in [1.82, 2.24) is 29.7 Å². The van der Waals surface area contributed by atoms with Gasteiger partial charge in [-0.1, -0.05) is 12.1 Å². The van der Waals surface area contributed by atoms with Crippen LogP contribution in [-0.4, -0.2) is 35.6 Å². The number of carbonyl (C=O) groups excluding carboxylic acids is 1. The average Bonchev–Trinajstić information content (AvgIpc) is 3.25. The first-order valence-corrected chi connectivity index (χ1v) is 9.33. The number of aromatic nitrogens is 6. The number of pyridine rings is 3. The number of hydrogen-bond acceptors (Lipinski definition) is 7. The molecule has 150 valence electrons. The Labute approximate surface area is 172 Å². The van der Waals surface area contributed by atoms with Crippen molar-refractivity contribution < 1.29 is 9.53 Å². The first-order valence-electron chi connectivity index (χ1n) is 9.33. The van der Waals surface area contributed by atoms with E-state index in [0.29, 0.717) is 29.0 Å². The predicted molar refractivity (Wildman–Crippen MR) is 110 cm³/mol. The molecule has 9 nitrogen and oxygen atoms in total. The molecule has 0 atom stereocenters. The highest BCUT2D eigenvalue weighted by atomic mass is 16.5. The van der Waals surface area contributed by atoms with E-state index in [9.17, 15) is 4.79 Å². The second kappa shape index (κ2) is 8.48. The molecule has 0 fully saturated rings. The number of rotatable bonds is 6. The molecule has 0 bridgehead atoms. The summed E-state index contributed by atoms with van der Waals surface area (Å²) in [5.41, 5.74) is 0.806.